The summed E-state index contributed by atoms with van der Waals surface area (Å²) in [4.78, 5) is 17.5. The minimum Gasteiger partial charge on any atom is -0.477 e. The molecule has 0 saturated carbocycles. The molecule has 104 valence electrons. The molecular weight excluding hydrogens is 256 g/mol. The highest BCUT2D eigenvalue weighted by Gasteiger charge is 2.24. The number of nitrogens with zero attached hydrogens (tertiary/aromatic N) is 2. The molecule has 0 spiro atoms. The van der Waals surface area contributed by atoms with Gasteiger partial charge >= 0.3 is 5.97 Å². The van der Waals surface area contributed by atoms with Gasteiger partial charge in [-0.05, 0) is 18.6 Å². The number of carboxylic acid groups (broad SMARTS) is 1. The molecule has 1 aromatic heterocycles. The molecule has 0 aliphatic carbocycles. The molecule has 5 heteroatoms. The Morgan fingerprint density at radius 2 is 2.20 bits per heavy atom. The molecule has 1 fully saturated rings. The number of aliphatic hydroxyl groups is 1. The summed E-state index contributed by atoms with van der Waals surface area (Å²) in [5.74, 6) is -0.759. The molecule has 1 aliphatic rings. The molecule has 0 bridgehead atoms. The van der Waals surface area contributed by atoms with Crippen molar-refractivity contribution in [2.75, 3.05) is 24.6 Å². The number of benzene rings is 1. The number of hydrogen-bond acceptors (Lipinski definition) is 4. The topological polar surface area (TPSA) is 73.7 Å². The van der Waals surface area contributed by atoms with Crippen molar-refractivity contribution in [2.24, 2.45) is 5.92 Å². The first-order chi connectivity index (χ1) is 9.69. The van der Waals surface area contributed by atoms with Gasteiger partial charge in [0.2, 0.25) is 0 Å². The standard InChI is InChI=1S/C15H16N2O3/c18-9-10-5-6-17(8-10)14-7-13(15(19)20)16-12-4-2-1-3-11(12)14/h1-4,7,10,18H,5-6,8-9H2,(H,19,20). The maximum Gasteiger partial charge on any atom is 0.354 e. The van der Waals surface area contributed by atoms with Gasteiger partial charge in [0.15, 0.2) is 5.69 Å². The normalized spacial score (nSPS) is 18.6. The van der Waals surface area contributed by atoms with Crippen molar-refractivity contribution in [1.29, 1.82) is 0 Å². The van der Waals surface area contributed by atoms with Gasteiger partial charge in [0, 0.05) is 36.7 Å². The molecule has 2 aromatic rings. The summed E-state index contributed by atoms with van der Waals surface area (Å²) < 4.78 is 0. The smallest absolute Gasteiger partial charge is 0.354 e. The van der Waals surface area contributed by atoms with E-state index in [4.69, 9.17) is 0 Å². The van der Waals surface area contributed by atoms with E-state index >= 15 is 0 Å². The minimum absolute atomic E-state index is 0.0612. The van der Waals surface area contributed by atoms with Crippen LogP contribution in [0.15, 0.2) is 30.3 Å². The second kappa shape index (κ2) is 5.09. The Labute approximate surface area is 116 Å². The summed E-state index contributed by atoms with van der Waals surface area (Å²) in [6.07, 6.45) is 0.926. The average Bonchev–Trinajstić information content (AvgIpc) is 2.94. The molecule has 5 nitrogen and oxygen atoms in total. The Morgan fingerprint density at radius 3 is 2.90 bits per heavy atom. The van der Waals surface area contributed by atoms with E-state index in [1.165, 1.54) is 0 Å². The molecule has 1 saturated heterocycles. The molecule has 0 radical (unpaired) electrons. The monoisotopic (exact) mass is 272 g/mol. The highest BCUT2D eigenvalue weighted by atomic mass is 16.4. The Kier molecular flexibility index (Phi) is 3.28. The van der Waals surface area contributed by atoms with Crippen LogP contribution in [0, 0.1) is 5.92 Å². The van der Waals surface area contributed by atoms with Crippen LogP contribution < -0.4 is 4.90 Å². The molecule has 2 heterocycles. The third-order valence-corrected chi connectivity index (χ3v) is 3.80. The van der Waals surface area contributed by atoms with Gasteiger partial charge < -0.3 is 15.1 Å². The molecule has 3 rings (SSSR count). The number of anilines is 1. The van der Waals surface area contributed by atoms with E-state index in [-0.39, 0.29) is 18.2 Å². The van der Waals surface area contributed by atoms with Gasteiger partial charge in [0.05, 0.1) is 5.52 Å². The zero-order valence-corrected chi connectivity index (χ0v) is 11.0. The number of hydrogen-bond donors (Lipinski definition) is 2. The van der Waals surface area contributed by atoms with Crippen molar-refractivity contribution in [2.45, 2.75) is 6.42 Å². The van der Waals surface area contributed by atoms with Gasteiger partial charge in [-0.3, -0.25) is 0 Å². The Bertz CT molecular complexity index is 657. The predicted octanol–water partition coefficient (Wildman–Crippen LogP) is 1.75. The Balaban J connectivity index is 2.10. The van der Waals surface area contributed by atoms with Gasteiger partial charge in [-0.25, -0.2) is 9.78 Å². The van der Waals surface area contributed by atoms with Crippen LogP contribution in [0.5, 0.6) is 0 Å². The van der Waals surface area contributed by atoms with Crippen molar-refractivity contribution >= 4 is 22.6 Å². The molecule has 1 aromatic carbocycles. The van der Waals surface area contributed by atoms with Crippen LogP contribution in [0.1, 0.15) is 16.9 Å². The second-order valence-electron chi connectivity index (χ2n) is 5.13. The lowest BCUT2D eigenvalue weighted by Crippen LogP contribution is -2.21. The first kappa shape index (κ1) is 12.9. The molecule has 1 unspecified atom stereocenters. The number of fused-ring (bicyclic) bond motifs is 1. The number of pyridine rings is 1. The van der Waals surface area contributed by atoms with Gasteiger partial charge in [-0.15, -0.1) is 0 Å². The average molecular weight is 272 g/mol. The highest BCUT2D eigenvalue weighted by molar-refractivity contribution is 5.97. The third-order valence-electron chi connectivity index (χ3n) is 3.80. The lowest BCUT2D eigenvalue weighted by Gasteiger charge is -2.20. The van der Waals surface area contributed by atoms with Gasteiger partial charge in [0.1, 0.15) is 0 Å². The largest absolute Gasteiger partial charge is 0.477 e. The first-order valence-corrected chi connectivity index (χ1v) is 6.68. The predicted molar refractivity (Wildman–Crippen MR) is 76.1 cm³/mol. The van der Waals surface area contributed by atoms with E-state index in [0.717, 1.165) is 30.6 Å². The van der Waals surface area contributed by atoms with Crippen LogP contribution in [0.25, 0.3) is 10.9 Å². The third kappa shape index (κ3) is 2.20. The van der Waals surface area contributed by atoms with Crippen LogP contribution in [0.4, 0.5) is 5.69 Å². The van der Waals surface area contributed by atoms with E-state index in [0.29, 0.717) is 5.52 Å². The van der Waals surface area contributed by atoms with Gasteiger partial charge in [-0.2, -0.15) is 0 Å². The summed E-state index contributed by atoms with van der Waals surface area (Å²) >= 11 is 0. The molecular formula is C15H16N2O3. The van der Waals surface area contributed by atoms with Gasteiger partial charge in [0.25, 0.3) is 0 Å². The number of aromatic nitrogens is 1. The molecule has 1 atom stereocenters. The second-order valence-corrected chi connectivity index (χ2v) is 5.13. The first-order valence-electron chi connectivity index (χ1n) is 6.68. The number of rotatable bonds is 3. The number of carboxylic acids is 1. The summed E-state index contributed by atoms with van der Waals surface area (Å²) in [6, 6.07) is 9.18. The lowest BCUT2D eigenvalue weighted by atomic mass is 10.1. The van der Waals surface area contributed by atoms with Gasteiger partial charge in [-0.1, -0.05) is 18.2 Å². The molecule has 20 heavy (non-hydrogen) atoms. The Morgan fingerprint density at radius 1 is 1.40 bits per heavy atom. The SMILES string of the molecule is O=C(O)c1cc(N2CCC(CO)C2)c2ccccc2n1. The van der Waals surface area contributed by atoms with Crippen LogP contribution in [0.2, 0.25) is 0 Å². The van der Waals surface area contributed by atoms with Crippen LogP contribution in [-0.4, -0.2) is 40.9 Å². The van der Waals surface area contributed by atoms with E-state index in [9.17, 15) is 15.0 Å². The minimum atomic E-state index is -1.02. The number of para-hydroxylation sites is 1. The molecule has 0 amide bonds. The van der Waals surface area contributed by atoms with Crippen molar-refractivity contribution in [1.82, 2.24) is 4.98 Å². The van der Waals surface area contributed by atoms with Crippen molar-refractivity contribution in [3.8, 4) is 0 Å². The number of carbonyl (C=O) groups is 1. The quantitative estimate of drug-likeness (QED) is 0.890. The van der Waals surface area contributed by atoms with E-state index in [1.54, 1.807) is 6.07 Å². The number of aliphatic hydroxyl groups excluding tert-OH is 1. The maximum atomic E-state index is 11.2. The zero-order chi connectivity index (χ0) is 14.1. The summed E-state index contributed by atoms with van der Waals surface area (Å²) in [5.41, 5.74) is 1.64. The lowest BCUT2D eigenvalue weighted by molar-refractivity contribution is 0.0691. The zero-order valence-electron chi connectivity index (χ0n) is 11.0. The van der Waals surface area contributed by atoms with E-state index in [2.05, 4.69) is 9.88 Å². The summed E-state index contributed by atoms with van der Waals surface area (Å²) in [6.45, 7) is 1.76. The fraction of sp³-hybridized carbons (Fsp3) is 0.333. The van der Waals surface area contributed by atoms with Crippen LogP contribution in [-0.2, 0) is 0 Å². The molecule has 2 N–H and O–H groups in total. The fourth-order valence-electron chi connectivity index (χ4n) is 2.73. The van der Waals surface area contributed by atoms with E-state index in [1.807, 2.05) is 24.3 Å². The van der Waals surface area contributed by atoms with Crippen molar-refractivity contribution in [3.05, 3.63) is 36.0 Å². The highest BCUT2D eigenvalue weighted by Crippen LogP contribution is 2.30. The molecule has 1 aliphatic heterocycles. The summed E-state index contributed by atoms with van der Waals surface area (Å²) in [7, 11) is 0. The number of aromatic carboxylic acids is 1. The van der Waals surface area contributed by atoms with Crippen molar-refractivity contribution in [3.63, 3.8) is 0 Å². The van der Waals surface area contributed by atoms with Crippen molar-refractivity contribution < 1.29 is 15.0 Å². The van der Waals surface area contributed by atoms with Crippen LogP contribution >= 0.6 is 0 Å². The summed E-state index contributed by atoms with van der Waals surface area (Å²) in [5, 5.41) is 19.4. The van der Waals surface area contributed by atoms with E-state index < -0.39 is 5.97 Å². The fourth-order valence-corrected chi connectivity index (χ4v) is 2.73. The van der Waals surface area contributed by atoms with Crippen LogP contribution in [0.3, 0.4) is 0 Å². The Hall–Kier alpha value is -2.14. The maximum absolute atomic E-state index is 11.2.